The monoisotopic (exact) mass is 203 g/mol. The van der Waals surface area contributed by atoms with E-state index in [1.165, 1.54) is 18.7 Å². The van der Waals surface area contributed by atoms with Crippen LogP contribution in [0.2, 0.25) is 5.02 Å². The summed E-state index contributed by atoms with van der Waals surface area (Å²) >= 11 is 5.70. The molecular weight excluding hydrogens is 194 g/mol. The maximum absolute atomic E-state index is 11.3. The quantitative estimate of drug-likeness (QED) is 0.650. The summed E-state index contributed by atoms with van der Waals surface area (Å²) in [5.74, 6) is 0. The van der Waals surface area contributed by atoms with E-state index in [-0.39, 0.29) is 11.6 Å². The summed E-state index contributed by atoms with van der Waals surface area (Å²) in [4.78, 5) is 22.6. The summed E-state index contributed by atoms with van der Waals surface area (Å²) in [6, 6.07) is 0. The van der Waals surface area contributed by atoms with E-state index in [1.54, 1.807) is 0 Å². The smallest absolute Gasteiger partial charge is 0.325 e. The van der Waals surface area contributed by atoms with Gasteiger partial charge in [-0.05, 0) is 0 Å². The Balaban J connectivity index is 3.78. The van der Waals surface area contributed by atoms with Crippen molar-refractivity contribution in [3.05, 3.63) is 31.6 Å². The van der Waals surface area contributed by atoms with Gasteiger partial charge in [0.25, 0.3) is 5.56 Å². The van der Waals surface area contributed by atoms with E-state index in [9.17, 15) is 9.59 Å². The van der Waals surface area contributed by atoms with Crippen LogP contribution < -0.4 is 17.0 Å². The second kappa shape index (κ2) is 3.35. The lowest BCUT2D eigenvalue weighted by molar-refractivity contribution is 0.651. The molecule has 6 heteroatoms. The molecule has 2 N–H and O–H groups in total. The van der Waals surface area contributed by atoms with Gasteiger partial charge in [-0.15, -0.1) is 0 Å². The number of nitrogens with zero attached hydrogens (tertiary/aromatic N) is 2. The Bertz CT molecular complexity index is 409. The minimum Gasteiger partial charge on any atom is -0.325 e. The zero-order valence-corrected chi connectivity index (χ0v) is 8.13. The van der Waals surface area contributed by atoms with E-state index in [2.05, 4.69) is 0 Å². The number of hydrogen-bond donors (Lipinski definition) is 1. The zero-order valence-electron chi connectivity index (χ0n) is 7.37. The van der Waals surface area contributed by atoms with E-state index in [0.717, 1.165) is 4.57 Å². The van der Waals surface area contributed by atoms with Gasteiger partial charge in [0.2, 0.25) is 0 Å². The van der Waals surface area contributed by atoms with Crippen LogP contribution >= 0.6 is 11.6 Å². The highest BCUT2D eigenvalue weighted by molar-refractivity contribution is 6.31. The maximum atomic E-state index is 11.3. The van der Waals surface area contributed by atoms with Crippen molar-refractivity contribution in [2.45, 2.75) is 6.54 Å². The number of aromatic nitrogens is 2. The molecule has 1 rings (SSSR count). The molecule has 0 saturated heterocycles. The lowest BCUT2D eigenvalue weighted by Gasteiger charge is -2.08. The van der Waals surface area contributed by atoms with Crippen LogP contribution in [0.5, 0.6) is 0 Å². The Morgan fingerprint density at radius 3 is 2.31 bits per heavy atom. The summed E-state index contributed by atoms with van der Waals surface area (Å²) in [5.41, 5.74) is 4.77. The molecule has 0 bridgehead atoms. The minimum absolute atomic E-state index is 0.00657. The number of halogens is 1. The second-order valence-electron chi connectivity index (χ2n) is 2.67. The summed E-state index contributed by atoms with van der Waals surface area (Å²) in [5, 5.41) is 0.00657. The van der Waals surface area contributed by atoms with Gasteiger partial charge in [0.15, 0.2) is 0 Å². The average Bonchev–Trinajstić information content (AvgIpc) is 2.13. The molecule has 0 saturated carbocycles. The fourth-order valence-corrected chi connectivity index (χ4v) is 1.40. The Morgan fingerprint density at radius 1 is 1.31 bits per heavy atom. The van der Waals surface area contributed by atoms with Crippen LogP contribution in [0.4, 0.5) is 0 Å². The van der Waals surface area contributed by atoms with Crippen molar-refractivity contribution in [3.8, 4) is 0 Å². The summed E-state index contributed by atoms with van der Waals surface area (Å²) in [6.07, 6.45) is 0. The highest BCUT2D eigenvalue weighted by atomic mass is 35.5. The topological polar surface area (TPSA) is 70.0 Å². The standard InChI is InChI=1S/C7H10ClN3O2/c1-10-4(3-9)5(8)6(12)11(2)7(10)13/h3,9H2,1-2H3. The summed E-state index contributed by atoms with van der Waals surface area (Å²) < 4.78 is 2.21. The summed E-state index contributed by atoms with van der Waals surface area (Å²) in [7, 11) is 2.90. The molecule has 1 aromatic heterocycles. The van der Waals surface area contributed by atoms with Crippen LogP contribution in [0.1, 0.15) is 5.69 Å². The fraction of sp³-hybridized carbons (Fsp3) is 0.429. The van der Waals surface area contributed by atoms with Crippen LogP contribution in [0.15, 0.2) is 9.59 Å². The van der Waals surface area contributed by atoms with E-state index in [1.807, 2.05) is 0 Å². The van der Waals surface area contributed by atoms with Crippen molar-refractivity contribution < 1.29 is 0 Å². The van der Waals surface area contributed by atoms with E-state index >= 15 is 0 Å². The molecule has 0 fully saturated rings. The third-order valence-corrected chi connectivity index (χ3v) is 2.30. The molecule has 0 unspecified atom stereocenters. The molecule has 0 atom stereocenters. The van der Waals surface area contributed by atoms with Crippen molar-refractivity contribution in [3.63, 3.8) is 0 Å². The van der Waals surface area contributed by atoms with Gasteiger partial charge >= 0.3 is 5.69 Å². The van der Waals surface area contributed by atoms with Gasteiger partial charge in [0.05, 0.1) is 5.69 Å². The first-order chi connectivity index (χ1) is 6.00. The fourth-order valence-electron chi connectivity index (χ4n) is 1.07. The number of rotatable bonds is 1. The molecule has 0 radical (unpaired) electrons. The third kappa shape index (κ3) is 1.40. The van der Waals surface area contributed by atoms with Crippen molar-refractivity contribution >= 4 is 11.6 Å². The lowest BCUT2D eigenvalue weighted by Crippen LogP contribution is -2.39. The third-order valence-electron chi connectivity index (χ3n) is 1.92. The molecule has 0 spiro atoms. The average molecular weight is 204 g/mol. The van der Waals surface area contributed by atoms with Crippen LogP contribution in [0.3, 0.4) is 0 Å². The Hall–Kier alpha value is -1.07. The first-order valence-corrected chi connectivity index (χ1v) is 4.03. The van der Waals surface area contributed by atoms with Gasteiger partial charge in [-0.3, -0.25) is 13.9 Å². The molecular formula is C7H10ClN3O2. The predicted octanol–water partition coefficient (Wildman–Crippen LogP) is -0.804. The molecule has 72 valence electrons. The van der Waals surface area contributed by atoms with Gasteiger partial charge in [-0.25, -0.2) is 4.79 Å². The van der Waals surface area contributed by atoms with Gasteiger partial charge in [-0.2, -0.15) is 0 Å². The van der Waals surface area contributed by atoms with Crippen LogP contribution in [-0.4, -0.2) is 9.13 Å². The maximum Gasteiger partial charge on any atom is 0.330 e. The Kier molecular flexibility index (Phi) is 2.58. The molecule has 0 aliphatic rings. The number of hydrogen-bond acceptors (Lipinski definition) is 3. The molecule has 0 amide bonds. The van der Waals surface area contributed by atoms with Crippen molar-refractivity contribution in [1.82, 2.24) is 9.13 Å². The molecule has 0 aliphatic carbocycles. The van der Waals surface area contributed by atoms with E-state index in [4.69, 9.17) is 17.3 Å². The Morgan fingerprint density at radius 2 is 1.85 bits per heavy atom. The van der Waals surface area contributed by atoms with Crippen molar-refractivity contribution in [1.29, 1.82) is 0 Å². The normalized spacial score (nSPS) is 10.5. The lowest BCUT2D eigenvalue weighted by atomic mass is 10.4. The zero-order chi connectivity index (χ0) is 10.2. The second-order valence-corrected chi connectivity index (χ2v) is 3.05. The van der Waals surface area contributed by atoms with Gasteiger partial charge in [0.1, 0.15) is 5.02 Å². The van der Waals surface area contributed by atoms with E-state index in [0.29, 0.717) is 5.69 Å². The van der Waals surface area contributed by atoms with Crippen molar-refractivity contribution in [2.75, 3.05) is 0 Å². The van der Waals surface area contributed by atoms with Crippen LogP contribution in [0, 0.1) is 0 Å². The molecule has 0 aromatic carbocycles. The minimum atomic E-state index is -0.509. The van der Waals surface area contributed by atoms with Crippen molar-refractivity contribution in [2.24, 2.45) is 19.8 Å². The molecule has 5 nitrogen and oxygen atoms in total. The van der Waals surface area contributed by atoms with E-state index < -0.39 is 11.2 Å². The van der Waals surface area contributed by atoms with Gasteiger partial charge in [0, 0.05) is 20.6 Å². The SMILES string of the molecule is Cn1c(CN)c(Cl)c(=O)n(C)c1=O. The van der Waals surface area contributed by atoms with Crippen LogP contribution in [0.25, 0.3) is 0 Å². The summed E-state index contributed by atoms with van der Waals surface area (Å²) in [6.45, 7) is 0.0701. The predicted molar refractivity (Wildman–Crippen MR) is 49.8 cm³/mol. The molecule has 1 heterocycles. The molecule has 1 aromatic rings. The van der Waals surface area contributed by atoms with Crippen LogP contribution in [-0.2, 0) is 20.6 Å². The largest absolute Gasteiger partial charge is 0.330 e. The highest BCUT2D eigenvalue weighted by Crippen LogP contribution is 2.05. The first-order valence-electron chi connectivity index (χ1n) is 3.65. The Labute approximate surface area is 79.4 Å². The van der Waals surface area contributed by atoms with Gasteiger partial charge < -0.3 is 5.73 Å². The molecule has 13 heavy (non-hydrogen) atoms. The van der Waals surface area contributed by atoms with Gasteiger partial charge in [-0.1, -0.05) is 11.6 Å². The molecule has 0 aliphatic heterocycles. The first kappa shape index (κ1) is 10.0. The number of nitrogens with two attached hydrogens (primary N) is 1. The highest BCUT2D eigenvalue weighted by Gasteiger charge is 2.11.